The average Bonchev–Trinajstić information content (AvgIpc) is 3.47. The van der Waals surface area contributed by atoms with Crippen LogP contribution in [0.4, 0.5) is 0 Å². The van der Waals surface area contributed by atoms with Gasteiger partial charge in [0.2, 0.25) is 0 Å². The summed E-state index contributed by atoms with van der Waals surface area (Å²) in [5.41, 5.74) is 8.58. The van der Waals surface area contributed by atoms with E-state index in [0.29, 0.717) is 0 Å². The van der Waals surface area contributed by atoms with Crippen LogP contribution in [0.2, 0.25) is 0 Å². The second-order valence-corrected chi connectivity index (χ2v) is 32.3. The Kier molecular flexibility index (Phi) is 7.80. The van der Waals surface area contributed by atoms with Crippen molar-refractivity contribution in [2.24, 2.45) is 0 Å². The molecule has 1 fully saturated rings. The molecule has 35 heavy (non-hydrogen) atoms. The van der Waals surface area contributed by atoms with Gasteiger partial charge in [-0.2, -0.15) is 0 Å². The first-order valence-corrected chi connectivity index (χ1v) is 24.4. The van der Waals surface area contributed by atoms with Gasteiger partial charge in [-0.1, -0.05) is 0 Å². The molecule has 186 valence electrons. The molecule has 3 aliphatic rings. The zero-order chi connectivity index (χ0) is 24.5. The summed E-state index contributed by atoms with van der Waals surface area (Å²) in [7, 11) is 16.8. The molecule has 2 atom stereocenters. The van der Waals surface area contributed by atoms with Crippen molar-refractivity contribution in [1.29, 1.82) is 0 Å². The van der Waals surface area contributed by atoms with Crippen LogP contribution in [0, 0.1) is 0 Å². The van der Waals surface area contributed by atoms with E-state index in [1.165, 1.54) is 78.3 Å². The third-order valence-corrected chi connectivity index (χ3v) is 30.1. The van der Waals surface area contributed by atoms with Gasteiger partial charge in [-0.15, -0.1) is 0 Å². The van der Waals surface area contributed by atoms with Gasteiger partial charge in [0.15, 0.2) is 0 Å². The molecule has 2 unspecified atom stereocenters. The summed E-state index contributed by atoms with van der Waals surface area (Å²) in [4.78, 5) is 0. The number of halogens is 2. The number of allylic oxidation sites excluding steroid dienone is 4. The number of unbranched alkanes of at least 4 members (excludes halogenated alkanes) is 2. The molecule has 1 saturated carbocycles. The Labute approximate surface area is 220 Å². The van der Waals surface area contributed by atoms with Crippen LogP contribution in [0.1, 0.15) is 114 Å². The molecule has 3 heteroatoms. The second kappa shape index (κ2) is 10.6. The van der Waals surface area contributed by atoms with Crippen molar-refractivity contribution in [3.63, 3.8) is 0 Å². The molecule has 0 aromatic heterocycles. The number of hydrogen-bond donors (Lipinski definition) is 0. The molecule has 3 aliphatic carbocycles. The van der Waals surface area contributed by atoms with E-state index >= 15 is 0 Å². The molecular weight excluding hydrogens is 546 g/mol. The van der Waals surface area contributed by atoms with Crippen LogP contribution in [0.25, 0.3) is 11.1 Å². The average molecular weight is 587 g/mol. The van der Waals surface area contributed by atoms with Gasteiger partial charge in [-0.05, 0) is 0 Å². The van der Waals surface area contributed by atoms with Crippen molar-refractivity contribution in [3.8, 4) is 0 Å². The quantitative estimate of drug-likeness (QED) is 0.289. The van der Waals surface area contributed by atoms with E-state index in [2.05, 4.69) is 74.5 Å². The first kappa shape index (κ1) is 25.9. The predicted octanol–water partition coefficient (Wildman–Crippen LogP) is 10.8. The van der Waals surface area contributed by atoms with Crippen LogP contribution in [-0.4, -0.2) is 3.21 Å². The van der Waals surface area contributed by atoms with Gasteiger partial charge < -0.3 is 0 Å². The minimum atomic E-state index is -4.69. The Bertz CT molecular complexity index is 1140. The Morgan fingerprint density at radius 2 is 1.14 bits per heavy atom. The van der Waals surface area contributed by atoms with Gasteiger partial charge in [0, 0.05) is 0 Å². The van der Waals surface area contributed by atoms with Crippen molar-refractivity contribution in [2.45, 2.75) is 91.7 Å². The van der Waals surface area contributed by atoms with Crippen LogP contribution < -0.4 is 0 Å². The first-order valence-electron chi connectivity index (χ1n) is 14.0. The number of rotatable bonds is 8. The Morgan fingerprint density at radius 1 is 0.686 bits per heavy atom. The van der Waals surface area contributed by atoms with Gasteiger partial charge in [-0.25, -0.2) is 0 Å². The number of fused-ring (bicyclic) bond motifs is 2. The molecule has 0 saturated heterocycles. The van der Waals surface area contributed by atoms with E-state index in [1.807, 2.05) is 0 Å². The molecule has 0 aliphatic heterocycles. The maximum atomic E-state index is 8.39. The molecular formula is C32H40Cl2Zr. The summed E-state index contributed by atoms with van der Waals surface area (Å²) in [6.07, 6.45) is 18.2. The van der Waals surface area contributed by atoms with Gasteiger partial charge in [0.1, 0.15) is 0 Å². The van der Waals surface area contributed by atoms with Crippen molar-refractivity contribution in [3.05, 3.63) is 82.9 Å². The Hall–Kier alpha value is -0.747. The summed E-state index contributed by atoms with van der Waals surface area (Å²) in [5.74, 6) is 0. The fourth-order valence-electron chi connectivity index (χ4n) is 7.02. The zero-order valence-corrected chi connectivity index (χ0v) is 25.4. The topological polar surface area (TPSA) is 0 Å². The summed E-state index contributed by atoms with van der Waals surface area (Å²) in [5, 5.41) is 0. The zero-order valence-electron chi connectivity index (χ0n) is 21.5. The molecule has 2 aromatic rings. The SMILES string of the molecule is CCCCC1=C[CH]([Zr]([Cl])([Cl])(=[C]2CCCCC2)[CH]2C=C(CCCC)c3ccccc32)c2ccccc21. The third kappa shape index (κ3) is 4.47. The molecule has 0 bridgehead atoms. The van der Waals surface area contributed by atoms with Gasteiger partial charge in [0.25, 0.3) is 0 Å². The summed E-state index contributed by atoms with van der Waals surface area (Å²) in [6.45, 7) is 4.56. The van der Waals surface area contributed by atoms with E-state index in [1.54, 1.807) is 3.21 Å². The van der Waals surface area contributed by atoms with E-state index in [4.69, 9.17) is 17.0 Å². The van der Waals surface area contributed by atoms with Crippen molar-refractivity contribution >= 4 is 31.4 Å². The van der Waals surface area contributed by atoms with E-state index < -0.39 is 15.9 Å². The molecule has 0 heterocycles. The van der Waals surface area contributed by atoms with Crippen molar-refractivity contribution in [1.82, 2.24) is 0 Å². The third-order valence-electron chi connectivity index (χ3n) is 8.89. The number of benzene rings is 2. The normalized spacial score (nSPS) is 22.0. The Morgan fingerprint density at radius 3 is 1.60 bits per heavy atom. The molecule has 0 N–H and O–H groups in total. The van der Waals surface area contributed by atoms with Crippen molar-refractivity contribution < 1.29 is 15.9 Å². The maximum absolute atomic E-state index is 8.39. The summed E-state index contributed by atoms with van der Waals surface area (Å²) in [6, 6.07) is 18.1. The molecule has 2 aromatic carbocycles. The summed E-state index contributed by atoms with van der Waals surface area (Å²) >= 11 is -4.69. The molecule has 0 amide bonds. The monoisotopic (exact) mass is 584 g/mol. The van der Waals surface area contributed by atoms with Crippen LogP contribution >= 0.6 is 17.0 Å². The van der Waals surface area contributed by atoms with E-state index in [-0.39, 0.29) is 7.25 Å². The standard InChI is InChI=1S/2C13H15.C6H10.2ClH.Zr/c2*1-2-3-6-11-9-10-12-7-4-5-8-13(11)12;1-2-4-6-5-3-1;;;/h2*4-5,7-10H,2-3,6H2,1H3;1-5H2;2*1H;/q;;;;;+2/p-2. The second-order valence-electron chi connectivity index (χ2n) is 11.0. The van der Waals surface area contributed by atoms with Crippen LogP contribution in [0.3, 0.4) is 0 Å². The molecule has 0 spiro atoms. The fraction of sp³-hybridized carbons (Fsp3) is 0.469. The van der Waals surface area contributed by atoms with Gasteiger partial charge in [-0.3, -0.25) is 0 Å². The van der Waals surface area contributed by atoms with E-state index in [9.17, 15) is 0 Å². The first-order chi connectivity index (χ1) is 17.0. The molecule has 0 radical (unpaired) electrons. The predicted molar refractivity (Wildman–Crippen MR) is 153 cm³/mol. The van der Waals surface area contributed by atoms with Crippen LogP contribution in [-0.2, 0) is 15.9 Å². The van der Waals surface area contributed by atoms with Crippen molar-refractivity contribution in [2.75, 3.05) is 0 Å². The van der Waals surface area contributed by atoms with Crippen LogP contribution in [0.15, 0.2) is 60.7 Å². The summed E-state index contributed by atoms with van der Waals surface area (Å²) < 4.78 is 1.88. The molecule has 0 nitrogen and oxygen atoms in total. The molecule has 5 rings (SSSR count). The van der Waals surface area contributed by atoms with Gasteiger partial charge >= 0.3 is 222 Å². The number of hydrogen-bond acceptors (Lipinski definition) is 0. The minimum absolute atomic E-state index is 0.163. The fourth-order valence-corrected chi connectivity index (χ4v) is 26.4. The van der Waals surface area contributed by atoms with E-state index in [0.717, 1.165) is 25.7 Å². The Balaban J connectivity index is 1.75. The van der Waals surface area contributed by atoms with Crippen LogP contribution in [0.5, 0.6) is 0 Å². The van der Waals surface area contributed by atoms with Gasteiger partial charge in [0.05, 0.1) is 0 Å².